The summed E-state index contributed by atoms with van der Waals surface area (Å²) in [6.45, 7) is 1.70. The quantitative estimate of drug-likeness (QED) is 0.767. The summed E-state index contributed by atoms with van der Waals surface area (Å²) in [5, 5.41) is 0. The molecule has 0 fully saturated rings. The van der Waals surface area contributed by atoms with Crippen LogP contribution in [0.1, 0.15) is 5.56 Å². The average Bonchev–Trinajstić information content (AvgIpc) is 2.30. The molecule has 0 heterocycles. The number of rotatable bonds is 6. The van der Waals surface area contributed by atoms with Crippen LogP contribution in [0.4, 0.5) is 0 Å². The molecule has 1 rings (SSSR count). The van der Waals surface area contributed by atoms with E-state index in [-0.39, 0.29) is 12.5 Å². The van der Waals surface area contributed by atoms with Crippen LogP contribution in [-0.4, -0.2) is 37.6 Å². The van der Waals surface area contributed by atoms with Crippen LogP contribution in [0.5, 0.6) is 0 Å². The van der Waals surface area contributed by atoms with Crippen LogP contribution in [0.25, 0.3) is 0 Å². The molecular weight excluding hydrogens is 204 g/mol. The Balaban J connectivity index is 2.60. The van der Waals surface area contributed by atoms with Gasteiger partial charge in [0.1, 0.15) is 6.61 Å². The molecule has 1 aromatic carbocycles. The van der Waals surface area contributed by atoms with Gasteiger partial charge in [0.05, 0.1) is 0 Å². The topological polar surface area (TPSA) is 55.6 Å². The average molecular weight is 222 g/mol. The summed E-state index contributed by atoms with van der Waals surface area (Å²) < 4.78 is 4.84. The van der Waals surface area contributed by atoms with Gasteiger partial charge in [-0.25, -0.2) is 0 Å². The molecule has 0 saturated heterocycles. The standard InChI is InChI=1S/C12H18N2O2/c1-16-10-12(15)14(8-7-13)9-11-5-3-2-4-6-11/h2-6H,7-10,13H2,1H3. The van der Waals surface area contributed by atoms with Crippen molar-refractivity contribution in [3.8, 4) is 0 Å². The first-order chi connectivity index (χ1) is 7.77. The van der Waals surface area contributed by atoms with Gasteiger partial charge in [0.15, 0.2) is 0 Å². The third-order valence-electron chi connectivity index (χ3n) is 2.24. The summed E-state index contributed by atoms with van der Waals surface area (Å²) in [7, 11) is 1.51. The lowest BCUT2D eigenvalue weighted by atomic mass is 10.2. The highest BCUT2D eigenvalue weighted by atomic mass is 16.5. The van der Waals surface area contributed by atoms with Gasteiger partial charge in [0, 0.05) is 26.7 Å². The molecule has 0 radical (unpaired) electrons. The van der Waals surface area contributed by atoms with E-state index in [0.29, 0.717) is 19.6 Å². The Hall–Kier alpha value is -1.39. The van der Waals surface area contributed by atoms with Crippen molar-refractivity contribution in [1.82, 2.24) is 4.90 Å². The molecule has 0 aromatic heterocycles. The van der Waals surface area contributed by atoms with E-state index in [1.165, 1.54) is 7.11 Å². The minimum absolute atomic E-state index is 0.0307. The van der Waals surface area contributed by atoms with Crippen LogP contribution in [0.2, 0.25) is 0 Å². The first-order valence-corrected chi connectivity index (χ1v) is 5.28. The monoisotopic (exact) mass is 222 g/mol. The number of carbonyl (C=O) groups excluding carboxylic acids is 1. The highest BCUT2D eigenvalue weighted by Gasteiger charge is 2.12. The Morgan fingerprint density at radius 3 is 2.62 bits per heavy atom. The highest BCUT2D eigenvalue weighted by molar-refractivity contribution is 5.77. The molecule has 0 unspecified atom stereocenters. The molecule has 0 spiro atoms. The molecular formula is C12H18N2O2. The fourth-order valence-electron chi connectivity index (χ4n) is 1.47. The van der Waals surface area contributed by atoms with Crippen LogP contribution in [0.15, 0.2) is 30.3 Å². The van der Waals surface area contributed by atoms with Crippen molar-refractivity contribution in [3.63, 3.8) is 0 Å². The Kier molecular flexibility index (Phi) is 5.53. The molecule has 2 N–H and O–H groups in total. The van der Waals surface area contributed by atoms with Crippen LogP contribution in [0, 0.1) is 0 Å². The van der Waals surface area contributed by atoms with Gasteiger partial charge >= 0.3 is 0 Å². The molecule has 0 aliphatic heterocycles. The molecule has 0 aliphatic rings. The van der Waals surface area contributed by atoms with Gasteiger partial charge in [-0.05, 0) is 5.56 Å². The summed E-state index contributed by atoms with van der Waals surface area (Å²) in [6.07, 6.45) is 0. The number of hydrogen-bond acceptors (Lipinski definition) is 3. The van der Waals surface area contributed by atoms with E-state index >= 15 is 0 Å². The maximum absolute atomic E-state index is 11.7. The number of nitrogens with two attached hydrogens (primary N) is 1. The van der Waals surface area contributed by atoms with Gasteiger partial charge in [0.2, 0.25) is 5.91 Å². The largest absolute Gasteiger partial charge is 0.375 e. The minimum Gasteiger partial charge on any atom is -0.375 e. The molecule has 0 aliphatic carbocycles. The van der Waals surface area contributed by atoms with Crippen molar-refractivity contribution >= 4 is 5.91 Å². The number of benzene rings is 1. The third kappa shape index (κ3) is 4.00. The van der Waals surface area contributed by atoms with Crippen molar-refractivity contribution in [3.05, 3.63) is 35.9 Å². The summed E-state index contributed by atoms with van der Waals surface area (Å²) >= 11 is 0. The van der Waals surface area contributed by atoms with Crippen LogP contribution in [-0.2, 0) is 16.1 Å². The maximum atomic E-state index is 11.7. The van der Waals surface area contributed by atoms with E-state index in [1.54, 1.807) is 4.90 Å². The number of carbonyl (C=O) groups is 1. The van der Waals surface area contributed by atoms with Crippen LogP contribution < -0.4 is 5.73 Å². The lowest BCUT2D eigenvalue weighted by Crippen LogP contribution is -2.37. The van der Waals surface area contributed by atoms with Crippen molar-refractivity contribution in [1.29, 1.82) is 0 Å². The SMILES string of the molecule is COCC(=O)N(CCN)Cc1ccccc1. The molecule has 4 heteroatoms. The molecule has 16 heavy (non-hydrogen) atoms. The van der Waals surface area contributed by atoms with Gasteiger partial charge < -0.3 is 15.4 Å². The Bertz CT molecular complexity index is 314. The number of nitrogens with zero attached hydrogens (tertiary/aromatic N) is 1. The van der Waals surface area contributed by atoms with Crippen molar-refractivity contribution in [2.24, 2.45) is 5.73 Å². The number of ether oxygens (including phenoxy) is 1. The molecule has 1 amide bonds. The lowest BCUT2D eigenvalue weighted by molar-refractivity contribution is -0.135. The minimum atomic E-state index is -0.0307. The Morgan fingerprint density at radius 1 is 1.38 bits per heavy atom. The fourth-order valence-corrected chi connectivity index (χ4v) is 1.47. The zero-order valence-corrected chi connectivity index (χ0v) is 9.56. The second-order valence-corrected chi connectivity index (χ2v) is 3.52. The molecule has 1 aromatic rings. The number of amides is 1. The molecule has 4 nitrogen and oxygen atoms in total. The van der Waals surface area contributed by atoms with Gasteiger partial charge in [-0.15, -0.1) is 0 Å². The zero-order chi connectivity index (χ0) is 11.8. The van der Waals surface area contributed by atoms with Crippen LogP contribution >= 0.6 is 0 Å². The number of hydrogen-bond donors (Lipinski definition) is 1. The summed E-state index contributed by atoms with van der Waals surface area (Å²) in [6, 6.07) is 9.84. The second kappa shape index (κ2) is 6.98. The van der Waals surface area contributed by atoms with Gasteiger partial charge in [0.25, 0.3) is 0 Å². The first kappa shape index (κ1) is 12.7. The highest BCUT2D eigenvalue weighted by Crippen LogP contribution is 2.04. The van der Waals surface area contributed by atoms with Gasteiger partial charge in [-0.1, -0.05) is 30.3 Å². The van der Waals surface area contributed by atoms with Gasteiger partial charge in [-0.2, -0.15) is 0 Å². The van der Waals surface area contributed by atoms with Gasteiger partial charge in [-0.3, -0.25) is 4.79 Å². The second-order valence-electron chi connectivity index (χ2n) is 3.52. The summed E-state index contributed by atoms with van der Waals surface area (Å²) in [4.78, 5) is 13.4. The fraction of sp³-hybridized carbons (Fsp3) is 0.417. The third-order valence-corrected chi connectivity index (χ3v) is 2.24. The zero-order valence-electron chi connectivity index (χ0n) is 9.56. The Morgan fingerprint density at radius 2 is 2.06 bits per heavy atom. The summed E-state index contributed by atoms with van der Waals surface area (Å²) in [5.74, 6) is -0.0307. The molecule has 0 atom stereocenters. The van der Waals surface area contributed by atoms with E-state index in [1.807, 2.05) is 30.3 Å². The number of methoxy groups -OCH3 is 1. The first-order valence-electron chi connectivity index (χ1n) is 5.28. The van der Waals surface area contributed by atoms with Crippen LogP contribution in [0.3, 0.4) is 0 Å². The van der Waals surface area contributed by atoms with E-state index < -0.39 is 0 Å². The molecule has 0 bridgehead atoms. The Labute approximate surface area is 96.0 Å². The van der Waals surface area contributed by atoms with E-state index in [0.717, 1.165) is 5.56 Å². The van der Waals surface area contributed by atoms with E-state index in [9.17, 15) is 4.79 Å². The normalized spacial score (nSPS) is 10.1. The smallest absolute Gasteiger partial charge is 0.248 e. The lowest BCUT2D eigenvalue weighted by Gasteiger charge is -2.21. The van der Waals surface area contributed by atoms with Crippen molar-refractivity contribution < 1.29 is 9.53 Å². The van der Waals surface area contributed by atoms with E-state index in [4.69, 9.17) is 10.5 Å². The molecule has 88 valence electrons. The van der Waals surface area contributed by atoms with E-state index in [2.05, 4.69) is 0 Å². The predicted octanol–water partition coefficient (Wildman–Crippen LogP) is 0.620. The predicted molar refractivity (Wildman–Crippen MR) is 62.8 cm³/mol. The van der Waals surface area contributed by atoms with Crippen molar-refractivity contribution in [2.75, 3.05) is 26.8 Å². The maximum Gasteiger partial charge on any atom is 0.248 e. The van der Waals surface area contributed by atoms with Crippen molar-refractivity contribution in [2.45, 2.75) is 6.54 Å². The summed E-state index contributed by atoms with van der Waals surface area (Å²) in [5.41, 5.74) is 6.58. The molecule has 0 saturated carbocycles.